The molecule has 0 saturated heterocycles. The molecule has 1 aromatic heterocycles. The highest BCUT2D eigenvalue weighted by atomic mass is 79.9. The molecule has 0 saturated carbocycles. The van der Waals surface area contributed by atoms with Gasteiger partial charge in [0.1, 0.15) is 5.03 Å². The lowest BCUT2D eigenvalue weighted by Gasteiger charge is -2.07. The number of fused-ring (bicyclic) bond motifs is 1. The largest absolute Gasteiger partial charge is 0.478 e. The second-order valence-corrected chi connectivity index (χ2v) is 6.30. The van der Waals surface area contributed by atoms with Crippen LogP contribution in [-0.4, -0.2) is 16.1 Å². The lowest BCUT2D eigenvalue weighted by molar-refractivity contribution is 0.0695. The Bertz CT molecular complexity index is 830. The summed E-state index contributed by atoms with van der Waals surface area (Å²) in [6, 6.07) is 15.2. The average molecular weight is 360 g/mol. The molecule has 0 aliphatic carbocycles. The first kappa shape index (κ1) is 14.1. The molecule has 0 unspecified atom stereocenters. The third kappa shape index (κ3) is 2.94. The number of pyridine rings is 1. The highest BCUT2D eigenvalue weighted by Gasteiger charge is 2.11. The number of hydrogen-bond donors (Lipinski definition) is 1. The molecule has 3 rings (SSSR count). The van der Waals surface area contributed by atoms with Crippen LogP contribution in [0.3, 0.4) is 0 Å². The zero-order valence-electron chi connectivity index (χ0n) is 10.8. The van der Waals surface area contributed by atoms with Gasteiger partial charge < -0.3 is 5.11 Å². The molecule has 0 atom stereocenters. The van der Waals surface area contributed by atoms with E-state index in [4.69, 9.17) is 0 Å². The minimum atomic E-state index is -0.949. The highest BCUT2D eigenvalue weighted by molar-refractivity contribution is 9.10. The van der Waals surface area contributed by atoms with Gasteiger partial charge in [-0.2, -0.15) is 0 Å². The molecule has 2 aromatic carbocycles. The summed E-state index contributed by atoms with van der Waals surface area (Å²) in [5.74, 6) is -0.949. The summed E-state index contributed by atoms with van der Waals surface area (Å²) in [7, 11) is 0. The molecule has 0 aliphatic heterocycles. The number of carboxylic acids is 1. The van der Waals surface area contributed by atoms with Crippen molar-refractivity contribution >= 4 is 44.4 Å². The van der Waals surface area contributed by atoms with Gasteiger partial charge in [0, 0.05) is 21.0 Å². The second-order valence-electron chi connectivity index (χ2n) is 4.39. The Kier molecular flexibility index (Phi) is 3.94. The van der Waals surface area contributed by atoms with Crippen LogP contribution in [0.15, 0.2) is 69.1 Å². The molecular weight excluding hydrogens is 350 g/mol. The van der Waals surface area contributed by atoms with Gasteiger partial charge in [0.15, 0.2) is 0 Å². The lowest BCUT2D eigenvalue weighted by Crippen LogP contribution is -1.97. The van der Waals surface area contributed by atoms with Gasteiger partial charge in [-0.3, -0.25) is 0 Å². The fourth-order valence-electron chi connectivity index (χ4n) is 2.02. The first-order valence-corrected chi connectivity index (χ1v) is 7.80. The van der Waals surface area contributed by atoms with E-state index in [1.807, 2.05) is 36.4 Å². The van der Waals surface area contributed by atoms with Gasteiger partial charge in [-0.15, -0.1) is 0 Å². The van der Waals surface area contributed by atoms with Crippen LogP contribution in [0.5, 0.6) is 0 Å². The molecule has 104 valence electrons. The number of carbonyl (C=O) groups is 1. The number of carboxylic acid groups (broad SMARTS) is 1. The Morgan fingerprint density at radius 3 is 2.76 bits per heavy atom. The zero-order chi connectivity index (χ0) is 14.8. The van der Waals surface area contributed by atoms with Gasteiger partial charge in [-0.05, 0) is 45.6 Å². The smallest absolute Gasteiger partial charge is 0.336 e. The molecule has 3 nitrogen and oxygen atoms in total. The Morgan fingerprint density at radius 1 is 1.14 bits per heavy atom. The number of rotatable bonds is 3. The van der Waals surface area contributed by atoms with Crippen LogP contribution in [0.2, 0.25) is 0 Å². The molecule has 21 heavy (non-hydrogen) atoms. The lowest BCUT2D eigenvalue weighted by atomic mass is 10.2. The number of hydrogen-bond acceptors (Lipinski definition) is 3. The number of halogens is 1. The van der Waals surface area contributed by atoms with Crippen LogP contribution in [0.25, 0.3) is 10.8 Å². The van der Waals surface area contributed by atoms with Crippen LogP contribution >= 0.6 is 27.7 Å². The first-order chi connectivity index (χ1) is 10.1. The van der Waals surface area contributed by atoms with Crippen molar-refractivity contribution in [3.63, 3.8) is 0 Å². The molecule has 0 aliphatic rings. The van der Waals surface area contributed by atoms with Crippen molar-refractivity contribution in [3.8, 4) is 0 Å². The maximum atomic E-state index is 11.2. The van der Waals surface area contributed by atoms with Gasteiger partial charge in [0.25, 0.3) is 0 Å². The molecule has 0 spiro atoms. The summed E-state index contributed by atoms with van der Waals surface area (Å²) in [6.07, 6.45) is 1.77. The van der Waals surface area contributed by atoms with Crippen LogP contribution in [0, 0.1) is 0 Å². The molecule has 0 bridgehead atoms. The van der Waals surface area contributed by atoms with Crippen LogP contribution in [-0.2, 0) is 0 Å². The van der Waals surface area contributed by atoms with Crippen molar-refractivity contribution in [2.45, 2.75) is 9.92 Å². The molecule has 0 fully saturated rings. The monoisotopic (exact) mass is 359 g/mol. The number of aromatic nitrogens is 1. The van der Waals surface area contributed by atoms with Gasteiger partial charge in [0.05, 0.1) is 5.56 Å². The highest BCUT2D eigenvalue weighted by Crippen LogP contribution is 2.33. The van der Waals surface area contributed by atoms with E-state index in [-0.39, 0.29) is 5.56 Å². The fraction of sp³-hybridized carbons (Fsp3) is 0. The van der Waals surface area contributed by atoms with Gasteiger partial charge >= 0.3 is 5.97 Å². The summed E-state index contributed by atoms with van der Waals surface area (Å²) in [5.41, 5.74) is 0.250. The third-order valence-corrected chi connectivity index (χ3v) is 4.72. The van der Waals surface area contributed by atoms with E-state index in [0.717, 1.165) is 20.7 Å². The summed E-state index contributed by atoms with van der Waals surface area (Å²) in [4.78, 5) is 16.4. The van der Waals surface area contributed by atoms with Crippen molar-refractivity contribution in [2.75, 3.05) is 0 Å². The molecule has 1 heterocycles. The standard InChI is InChI=1S/C16H10BrNO2S/c17-14-6-5-11(9-13(14)16(19)20)21-15-12-4-2-1-3-10(12)7-8-18-15/h1-9H,(H,19,20). The predicted molar refractivity (Wildman–Crippen MR) is 87.0 cm³/mol. The maximum absolute atomic E-state index is 11.2. The van der Waals surface area contributed by atoms with Crippen molar-refractivity contribution < 1.29 is 9.90 Å². The van der Waals surface area contributed by atoms with Crippen molar-refractivity contribution in [2.24, 2.45) is 0 Å². The molecule has 0 radical (unpaired) electrons. The summed E-state index contributed by atoms with van der Waals surface area (Å²) < 4.78 is 0.574. The molecule has 3 aromatic rings. The molecular formula is C16H10BrNO2S. The summed E-state index contributed by atoms with van der Waals surface area (Å²) >= 11 is 4.71. The Labute approximate surface area is 134 Å². The maximum Gasteiger partial charge on any atom is 0.336 e. The summed E-state index contributed by atoms with van der Waals surface area (Å²) in [5, 5.41) is 12.2. The number of aromatic carboxylic acids is 1. The first-order valence-electron chi connectivity index (χ1n) is 6.19. The van der Waals surface area contributed by atoms with E-state index in [1.165, 1.54) is 11.8 Å². The topological polar surface area (TPSA) is 50.2 Å². The quantitative estimate of drug-likeness (QED) is 0.726. The van der Waals surface area contributed by atoms with E-state index >= 15 is 0 Å². The van der Waals surface area contributed by atoms with Crippen molar-refractivity contribution in [1.29, 1.82) is 0 Å². The van der Waals surface area contributed by atoms with Gasteiger partial charge in [-0.25, -0.2) is 9.78 Å². The van der Waals surface area contributed by atoms with Crippen LogP contribution in [0.4, 0.5) is 0 Å². The SMILES string of the molecule is O=C(O)c1cc(Sc2nccc3ccccc23)ccc1Br. The predicted octanol–water partition coefficient (Wildman–Crippen LogP) is 4.85. The summed E-state index contributed by atoms with van der Waals surface area (Å²) in [6.45, 7) is 0. The van der Waals surface area contributed by atoms with Crippen molar-refractivity contribution in [3.05, 3.63) is 64.8 Å². The molecule has 5 heteroatoms. The van der Waals surface area contributed by atoms with Crippen LogP contribution < -0.4 is 0 Å². The Morgan fingerprint density at radius 2 is 1.95 bits per heavy atom. The normalized spacial score (nSPS) is 10.7. The minimum absolute atomic E-state index is 0.250. The minimum Gasteiger partial charge on any atom is -0.478 e. The number of nitrogens with zero attached hydrogens (tertiary/aromatic N) is 1. The Hall–Kier alpha value is -1.85. The molecule has 1 N–H and O–H groups in total. The second kappa shape index (κ2) is 5.87. The average Bonchev–Trinajstić information content (AvgIpc) is 2.49. The van der Waals surface area contributed by atoms with Crippen molar-refractivity contribution in [1.82, 2.24) is 4.98 Å². The van der Waals surface area contributed by atoms with E-state index in [0.29, 0.717) is 4.47 Å². The molecule has 0 amide bonds. The van der Waals surface area contributed by atoms with E-state index in [9.17, 15) is 9.90 Å². The fourth-order valence-corrected chi connectivity index (χ4v) is 3.38. The van der Waals surface area contributed by atoms with E-state index in [2.05, 4.69) is 20.9 Å². The van der Waals surface area contributed by atoms with E-state index in [1.54, 1.807) is 18.3 Å². The van der Waals surface area contributed by atoms with E-state index < -0.39 is 5.97 Å². The van der Waals surface area contributed by atoms with Gasteiger partial charge in [0.2, 0.25) is 0 Å². The van der Waals surface area contributed by atoms with Crippen LogP contribution in [0.1, 0.15) is 10.4 Å². The number of benzene rings is 2. The zero-order valence-corrected chi connectivity index (χ0v) is 13.2. The van der Waals surface area contributed by atoms with Gasteiger partial charge in [-0.1, -0.05) is 36.0 Å². The third-order valence-electron chi connectivity index (χ3n) is 3.02. The Balaban J connectivity index is 2.03.